The first-order chi connectivity index (χ1) is 8.12. The molecular weight excluding hydrogens is 210 g/mol. The van der Waals surface area contributed by atoms with Gasteiger partial charge in [0.05, 0.1) is 0 Å². The average molecular weight is 231 g/mol. The fourth-order valence-electron chi connectivity index (χ4n) is 3.04. The maximum absolute atomic E-state index is 6.29. The van der Waals surface area contributed by atoms with Gasteiger partial charge in [-0.25, -0.2) is 0 Å². The largest absolute Gasteiger partial charge is 0.487 e. The monoisotopic (exact) mass is 231 g/mol. The Bertz CT molecular complexity index is 439. The molecule has 0 aromatic heterocycles. The topological polar surface area (TPSA) is 21.3 Å². The predicted octanol–water partition coefficient (Wildman–Crippen LogP) is 3.21. The molecule has 2 atom stereocenters. The first kappa shape index (κ1) is 11.1. The highest BCUT2D eigenvalue weighted by molar-refractivity contribution is 5.42. The van der Waals surface area contributed by atoms with E-state index in [4.69, 9.17) is 4.74 Å². The lowest BCUT2D eigenvalue weighted by molar-refractivity contribution is 0.0280. The molecule has 0 radical (unpaired) electrons. The van der Waals surface area contributed by atoms with E-state index < -0.39 is 0 Å². The van der Waals surface area contributed by atoms with E-state index in [0.717, 1.165) is 18.1 Å². The highest BCUT2D eigenvalue weighted by atomic mass is 16.5. The zero-order valence-electron chi connectivity index (χ0n) is 10.9. The van der Waals surface area contributed by atoms with E-state index in [0.29, 0.717) is 6.04 Å². The van der Waals surface area contributed by atoms with Crippen molar-refractivity contribution in [2.24, 2.45) is 5.92 Å². The summed E-state index contributed by atoms with van der Waals surface area (Å²) in [5, 5.41) is 3.45. The van der Waals surface area contributed by atoms with E-state index in [1.165, 1.54) is 24.0 Å². The van der Waals surface area contributed by atoms with Crippen LogP contribution in [0.15, 0.2) is 18.2 Å². The summed E-state index contributed by atoms with van der Waals surface area (Å²) in [6.45, 7) is 4.42. The molecule has 1 aromatic carbocycles. The van der Waals surface area contributed by atoms with Gasteiger partial charge in [-0.3, -0.25) is 0 Å². The molecule has 0 bridgehead atoms. The molecule has 0 spiro atoms. The zero-order valence-corrected chi connectivity index (χ0v) is 10.9. The molecule has 2 heteroatoms. The molecule has 2 unspecified atom stereocenters. The van der Waals surface area contributed by atoms with Crippen molar-refractivity contribution in [3.8, 4) is 5.75 Å². The smallest absolute Gasteiger partial charge is 0.124 e. The fourth-order valence-corrected chi connectivity index (χ4v) is 3.04. The first-order valence-electron chi connectivity index (χ1n) is 6.59. The number of rotatable bonds is 2. The van der Waals surface area contributed by atoms with Crippen LogP contribution in [0.2, 0.25) is 0 Å². The van der Waals surface area contributed by atoms with Gasteiger partial charge in [-0.15, -0.1) is 0 Å². The standard InChI is InChI=1S/C15H21NO/c1-10-4-7-14-12(8-10)13(16-3)9-15(2,17-14)11-5-6-11/h4,7-8,11,13,16H,5-6,9H2,1-3H3. The maximum atomic E-state index is 6.29. The molecule has 1 saturated carbocycles. The summed E-state index contributed by atoms with van der Waals surface area (Å²) in [5.74, 6) is 1.84. The summed E-state index contributed by atoms with van der Waals surface area (Å²) in [4.78, 5) is 0. The van der Waals surface area contributed by atoms with Crippen LogP contribution in [0, 0.1) is 12.8 Å². The van der Waals surface area contributed by atoms with Gasteiger partial charge in [-0.2, -0.15) is 0 Å². The second-order valence-electron chi connectivity index (χ2n) is 5.78. The molecule has 1 heterocycles. The molecule has 17 heavy (non-hydrogen) atoms. The Hall–Kier alpha value is -1.02. The lowest BCUT2D eigenvalue weighted by Gasteiger charge is -2.40. The molecule has 1 aromatic rings. The number of ether oxygens (including phenoxy) is 1. The van der Waals surface area contributed by atoms with Crippen molar-refractivity contribution in [1.82, 2.24) is 5.32 Å². The third-order valence-electron chi connectivity index (χ3n) is 4.28. The quantitative estimate of drug-likeness (QED) is 0.844. The first-order valence-corrected chi connectivity index (χ1v) is 6.59. The summed E-state index contributed by atoms with van der Waals surface area (Å²) < 4.78 is 6.29. The SMILES string of the molecule is CNC1CC(C)(C2CC2)Oc2ccc(C)cc21. The molecule has 1 N–H and O–H groups in total. The minimum Gasteiger partial charge on any atom is -0.487 e. The van der Waals surface area contributed by atoms with Crippen molar-refractivity contribution in [1.29, 1.82) is 0 Å². The zero-order chi connectivity index (χ0) is 12.0. The van der Waals surface area contributed by atoms with Gasteiger partial charge in [0.15, 0.2) is 0 Å². The lowest BCUT2D eigenvalue weighted by atomic mass is 9.85. The van der Waals surface area contributed by atoms with Crippen LogP contribution < -0.4 is 10.1 Å². The summed E-state index contributed by atoms with van der Waals surface area (Å²) >= 11 is 0. The van der Waals surface area contributed by atoms with Crippen molar-refractivity contribution >= 4 is 0 Å². The minimum absolute atomic E-state index is 0.0376. The molecule has 2 aliphatic rings. The second-order valence-corrected chi connectivity index (χ2v) is 5.78. The number of aryl methyl sites for hydroxylation is 1. The van der Waals surface area contributed by atoms with Gasteiger partial charge in [0, 0.05) is 18.0 Å². The summed E-state index contributed by atoms with van der Waals surface area (Å²) in [7, 11) is 2.05. The highest BCUT2D eigenvalue weighted by Gasteiger charge is 2.47. The number of nitrogens with one attached hydrogen (secondary N) is 1. The Labute approximate surface area is 103 Å². The summed E-state index contributed by atoms with van der Waals surface area (Å²) in [6, 6.07) is 6.96. The number of benzene rings is 1. The Morgan fingerprint density at radius 3 is 2.76 bits per heavy atom. The maximum Gasteiger partial charge on any atom is 0.124 e. The van der Waals surface area contributed by atoms with Gasteiger partial charge in [-0.1, -0.05) is 17.7 Å². The van der Waals surface area contributed by atoms with Gasteiger partial charge in [0.1, 0.15) is 11.4 Å². The van der Waals surface area contributed by atoms with E-state index in [1.807, 2.05) is 0 Å². The van der Waals surface area contributed by atoms with Gasteiger partial charge in [0.2, 0.25) is 0 Å². The van der Waals surface area contributed by atoms with Crippen molar-refractivity contribution in [2.75, 3.05) is 7.05 Å². The van der Waals surface area contributed by atoms with Gasteiger partial charge in [0.25, 0.3) is 0 Å². The van der Waals surface area contributed by atoms with Gasteiger partial charge >= 0.3 is 0 Å². The molecule has 2 nitrogen and oxygen atoms in total. The number of hydrogen-bond acceptors (Lipinski definition) is 2. The van der Waals surface area contributed by atoms with E-state index >= 15 is 0 Å². The Morgan fingerprint density at radius 2 is 2.12 bits per heavy atom. The molecule has 1 aliphatic heterocycles. The second kappa shape index (κ2) is 3.74. The van der Waals surface area contributed by atoms with E-state index in [9.17, 15) is 0 Å². The summed E-state index contributed by atoms with van der Waals surface area (Å²) in [5.41, 5.74) is 2.67. The predicted molar refractivity (Wildman–Crippen MR) is 69.4 cm³/mol. The van der Waals surface area contributed by atoms with Crippen LogP contribution in [0.5, 0.6) is 5.75 Å². The van der Waals surface area contributed by atoms with Gasteiger partial charge in [-0.05, 0) is 45.7 Å². The van der Waals surface area contributed by atoms with Crippen molar-refractivity contribution in [3.63, 3.8) is 0 Å². The minimum atomic E-state index is 0.0376. The van der Waals surface area contributed by atoms with Crippen LogP contribution >= 0.6 is 0 Å². The third kappa shape index (κ3) is 1.85. The van der Waals surface area contributed by atoms with Crippen molar-refractivity contribution in [2.45, 2.75) is 44.8 Å². The van der Waals surface area contributed by atoms with Crippen LogP contribution in [0.25, 0.3) is 0 Å². The number of fused-ring (bicyclic) bond motifs is 1. The number of hydrogen-bond donors (Lipinski definition) is 1. The van der Waals surface area contributed by atoms with Crippen LogP contribution in [0.1, 0.15) is 43.4 Å². The van der Waals surface area contributed by atoms with Crippen molar-refractivity contribution in [3.05, 3.63) is 29.3 Å². The molecule has 92 valence electrons. The normalized spacial score (nSPS) is 31.8. The molecular formula is C15H21NO. The van der Waals surface area contributed by atoms with Crippen LogP contribution in [0.4, 0.5) is 0 Å². The Morgan fingerprint density at radius 1 is 1.35 bits per heavy atom. The van der Waals surface area contributed by atoms with Crippen LogP contribution in [-0.4, -0.2) is 12.6 Å². The van der Waals surface area contributed by atoms with E-state index in [1.54, 1.807) is 0 Å². The van der Waals surface area contributed by atoms with E-state index in [2.05, 4.69) is 44.4 Å². The molecule has 1 aliphatic carbocycles. The molecule has 0 amide bonds. The molecule has 3 rings (SSSR count). The fraction of sp³-hybridized carbons (Fsp3) is 0.600. The highest BCUT2D eigenvalue weighted by Crippen LogP contribution is 2.50. The van der Waals surface area contributed by atoms with Crippen molar-refractivity contribution < 1.29 is 4.74 Å². The van der Waals surface area contributed by atoms with E-state index in [-0.39, 0.29) is 5.60 Å². The summed E-state index contributed by atoms with van der Waals surface area (Å²) in [6.07, 6.45) is 3.74. The molecule has 0 saturated heterocycles. The third-order valence-corrected chi connectivity index (χ3v) is 4.28. The molecule has 1 fully saturated rings. The van der Waals surface area contributed by atoms with Gasteiger partial charge < -0.3 is 10.1 Å². The lowest BCUT2D eigenvalue weighted by Crippen LogP contribution is -2.43. The Balaban J connectivity index is 1.99. The Kier molecular flexibility index (Phi) is 2.44. The average Bonchev–Trinajstić information content (AvgIpc) is 3.13. The van der Waals surface area contributed by atoms with Crippen LogP contribution in [0.3, 0.4) is 0 Å². The van der Waals surface area contributed by atoms with Crippen LogP contribution in [-0.2, 0) is 0 Å².